The molecule has 0 unspecified atom stereocenters. The summed E-state index contributed by atoms with van der Waals surface area (Å²) in [4.78, 5) is 12.3. The standard InChI is InChI=1S/C26H44BrNO2/c1-3-5-6-7-8-9-10-11-12-13-14-15-16-17-20-28-26(29)23-18-19-25(24(27)22-23)30-21-4-2/h18-19,22H,3-17,20-21H2,1-2H3,(H,28,29). The van der Waals surface area contributed by atoms with Gasteiger partial charge in [0.25, 0.3) is 5.91 Å². The van der Waals surface area contributed by atoms with Gasteiger partial charge >= 0.3 is 0 Å². The smallest absolute Gasteiger partial charge is 0.251 e. The van der Waals surface area contributed by atoms with Crippen LogP contribution in [-0.4, -0.2) is 19.1 Å². The average Bonchev–Trinajstić information content (AvgIpc) is 2.75. The van der Waals surface area contributed by atoms with Crippen molar-refractivity contribution in [3.8, 4) is 5.75 Å². The van der Waals surface area contributed by atoms with E-state index in [0.717, 1.165) is 29.6 Å². The van der Waals surface area contributed by atoms with Crippen LogP contribution < -0.4 is 10.1 Å². The first-order valence-electron chi connectivity index (χ1n) is 12.4. The Balaban J connectivity index is 1.96. The maximum atomic E-state index is 12.3. The van der Waals surface area contributed by atoms with Crippen LogP contribution in [0.3, 0.4) is 0 Å². The van der Waals surface area contributed by atoms with E-state index in [2.05, 4.69) is 35.1 Å². The van der Waals surface area contributed by atoms with Gasteiger partial charge in [-0.2, -0.15) is 0 Å². The minimum absolute atomic E-state index is 0.00700. The summed E-state index contributed by atoms with van der Waals surface area (Å²) in [6, 6.07) is 5.53. The molecule has 30 heavy (non-hydrogen) atoms. The van der Waals surface area contributed by atoms with Crippen molar-refractivity contribution in [3.63, 3.8) is 0 Å². The normalized spacial score (nSPS) is 10.9. The number of rotatable bonds is 19. The van der Waals surface area contributed by atoms with Gasteiger partial charge in [0.15, 0.2) is 0 Å². The lowest BCUT2D eigenvalue weighted by molar-refractivity contribution is 0.0953. The summed E-state index contributed by atoms with van der Waals surface area (Å²) in [5.41, 5.74) is 0.677. The molecule has 0 aliphatic heterocycles. The van der Waals surface area contributed by atoms with E-state index in [0.29, 0.717) is 12.2 Å². The Labute approximate surface area is 193 Å². The predicted octanol–water partition coefficient (Wildman–Crippen LogP) is 8.45. The topological polar surface area (TPSA) is 38.3 Å². The minimum Gasteiger partial charge on any atom is -0.492 e. The SMILES string of the molecule is CCCCCCCCCCCCCCCCNC(=O)c1ccc(OCCC)c(Br)c1. The Morgan fingerprint density at radius 1 is 0.800 bits per heavy atom. The molecule has 0 aromatic heterocycles. The second kappa shape index (κ2) is 18.7. The maximum Gasteiger partial charge on any atom is 0.251 e. The van der Waals surface area contributed by atoms with Gasteiger partial charge in [-0.15, -0.1) is 0 Å². The Morgan fingerprint density at radius 3 is 1.83 bits per heavy atom. The Morgan fingerprint density at radius 2 is 1.33 bits per heavy atom. The second-order valence-corrected chi connectivity index (χ2v) is 9.20. The Hall–Kier alpha value is -1.03. The lowest BCUT2D eigenvalue weighted by Gasteiger charge is -2.09. The molecule has 172 valence electrons. The van der Waals surface area contributed by atoms with Crippen molar-refractivity contribution < 1.29 is 9.53 Å². The second-order valence-electron chi connectivity index (χ2n) is 8.35. The summed E-state index contributed by atoms with van der Waals surface area (Å²) in [6.07, 6.45) is 19.9. The first-order valence-corrected chi connectivity index (χ1v) is 13.2. The molecule has 0 saturated heterocycles. The van der Waals surface area contributed by atoms with Crippen LogP contribution in [0.2, 0.25) is 0 Å². The third-order valence-electron chi connectivity index (χ3n) is 5.47. The number of ether oxygens (including phenoxy) is 1. The highest BCUT2D eigenvalue weighted by atomic mass is 79.9. The zero-order chi connectivity index (χ0) is 21.9. The highest BCUT2D eigenvalue weighted by molar-refractivity contribution is 9.10. The van der Waals surface area contributed by atoms with Crippen LogP contribution >= 0.6 is 15.9 Å². The lowest BCUT2D eigenvalue weighted by atomic mass is 10.0. The summed E-state index contributed by atoms with van der Waals surface area (Å²) >= 11 is 3.49. The van der Waals surface area contributed by atoms with Gasteiger partial charge < -0.3 is 10.1 Å². The quantitative estimate of drug-likeness (QED) is 0.201. The van der Waals surface area contributed by atoms with E-state index in [1.54, 1.807) is 0 Å². The fourth-order valence-corrected chi connectivity index (χ4v) is 4.09. The molecule has 0 atom stereocenters. The number of nitrogens with one attached hydrogen (secondary N) is 1. The number of hydrogen-bond donors (Lipinski definition) is 1. The molecule has 0 fully saturated rings. The molecular formula is C26H44BrNO2. The molecule has 0 radical (unpaired) electrons. The van der Waals surface area contributed by atoms with Crippen LogP contribution in [0.4, 0.5) is 0 Å². The van der Waals surface area contributed by atoms with Gasteiger partial charge in [-0.05, 0) is 47.0 Å². The largest absolute Gasteiger partial charge is 0.492 e. The Bertz CT molecular complexity index is 562. The van der Waals surface area contributed by atoms with Gasteiger partial charge in [-0.3, -0.25) is 4.79 Å². The van der Waals surface area contributed by atoms with Gasteiger partial charge in [0.2, 0.25) is 0 Å². The molecule has 1 aromatic carbocycles. The molecule has 0 spiro atoms. The number of amides is 1. The van der Waals surface area contributed by atoms with Gasteiger partial charge in [0.05, 0.1) is 11.1 Å². The molecule has 0 saturated carbocycles. The molecule has 0 bridgehead atoms. The highest BCUT2D eigenvalue weighted by Crippen LogP contribution is 2.26. The van der Waals surface area contributed by atoms with Crippen molar-refractivity contribution in [2.75, 3.05) is 13.2 Å². The molecule has 3 nitrogen and oxygen atoms in total. The maximum absolute atomic E-state index is 12.3. The van der Waals surface area contributed by atoms with Crippen molar-refractivity contribution in [3.05, 3.63) is 28.2 Å². The molecule has 1 aromatic rings. The number of hydrogen-bond acceptors (Lipinski definition) is 2. The van der Waals surface area contributed by atoms with Gasteiger partial charge in [-0.25, -0.2) is 0 Å². The molecule has 4 heteroatoms. The fraction of sp³-hybridized carbons (Fsp3) is 0.731. The van der Waals surface area contributed by atoms with Gasteiger partial charge in [0.1, 0.15) is 5.75 Å². The monoisotopic (exact) mass is 481 g/mol. The first kappa shape index (κ1) is 27.0. The van der Waals surface area contributed by atoms with Crippen LogP contribution in [0.5, 0.6) is 5.75 Å². The first-order chi connectivity index (χ1) is 14.7. The molecule has 1 amide bonds. The van der Waals surface area contributed by atoms with Crippen LogP contribution in [0, 0.1) is 0 Å². The van der Waals surface area contributed by atoms with Crippen LogP contribution in [0.25, 0.3) is 0 Å². The molecule has 1 rings (SSSR count). The van der Waals surface area contributed by atoms with Crippen molar-refractivity contribution in [2.45, 2.75) is 110 Å². The van der Waals surface area contributed by atoms with Crippen LogP contribution in [-0.2, 0) is 0 Å². The fourth-order valence-electron chi connectivity index (χ4n) is 3.59. The van der Waals surface area contributed by atoms with Crippen LogP contribution in [0.15, 0.2) is 22.7 Å². The predicted molar refractivity (Wildman–Crippen MR) is 133 cm³/mol. The zero-order valence-electron chi connectivity index (χ0n) is 19.4. The summed E-state index contributed by atoms with van der Waals surface area (Å²) in [6.45, 7) is 5.79. The minimum atomic E-state index is -0.00700. The number of halogens is 1. The zero-order valence-corrected chi connectivity index (χ0v) is 21.0. The number of carbonyl (C=O) groups is 1. The molecule has 0 aliphatic carbocycles. The van der Waals surface area contributed by atoms with Crippen molar-refractivity contribution in [1.29, 1.82) is 0 Å². The molecular weight excluding hydrogens is 438 g/mol. The van der Waals surface area contributed by atoms with Crippen LogP contribution in [0.1, 0.15) is 121 Å². The van der Waals surface area contributed by atoms with E-state index in [1.807, 2.05) is 18.2 Å². The van der Waals surface area contributed by atoms with Crippen molar-refractivity contribution in [1.82, 2.24) is 5.32 Å². The van der Waals surface area contributed by atoms with E-state index in [4.69, 9.17) is 4.74 Å². The molecule has 1 N–H and O–H groups in total. The van der Waals surface area contributed by atoms with E-state index in [-0.39, 0.29) is 5.91 Å². The van der Waals surface area contributed by atoms with Gasteiger partial charge in [-0.1, -0.05) is 97.3 Å². The summed E-state index contributed by atoms with van der Waals surface area (Å²) in [7, 11) is 0. The van der Waals surface area contributed by atoms with Gasteiger partial charge in [0, 0.05) is 12.1 Å². The number of benzene rings is 1. The summed E-state index contributed by atoms with van der Waals surface area (Å²) < 4.78 is 6.47. The van der Waals surface area contributed by atoms with E-state index >= 15 is 0 Å². The molecule has 0 aliphatic rings. The summed E-state index contributed by atoms with van der Waals surface area (Å²) in [5, 5.41) is 3.03. The van der Waals surface area contributed by atoms with Crippen molar-refractivity contribution in [2.24, 2.45) is 0 Å². The lowest BCUT2D eigenvalue weighted by Crippen LogP contribution is -2.24. The highest BCUT2D eigenvalue weighted by Gasteiger charge is 2.08. The number of unbranched alkanes of at least 4 members (excludes halogenated alkanes) is 13. The Kier molecular flexibility index (Phi) is 16.8. The molecule has 0 heterocycles. The summed E-state index contributed by atoms with van der Waals surface area (Å²) in [5.74, 6) is 0.785. The van der Waals surface area contributed by atoms with E-state index in [9.17, 15) is 4.79 Å². The van der Waals surface area contributed by atoms with E-state index in [1.165, 1.54) is 83.5 Å². The average molecular weight is 483 g/mol. The van der Waals surface area contributed by atoms with E-state index < -0.39 is 0 Å². The number of carbonyl (C=O) groups excluding carboxylic acids is 1. The third-order valence-corrected chi connectivity index (χ3v) is 6.09. The van der Waals surface area contributed by atoms with Crippen molar-refractivity contribution >= 4 is 21.8 Å². The third kappa shape index (κ3) is 13.3.